The first-order chi connectivity index (χ1) is 8.15. The molecule has 2 rings (SSSR count). The topological polar surface area (TPSA) is 57.7 Å². The molecule has 0 radical (unpaired) electrons. The lowest BCUT2D eigenvalue weighted by Gasteiger charge is -2.22. The summed E-state index contributed by atoms with van der Waals surface area (Å²) in [7, 11) is 0. The molecule has 92 valence electrons. The van der Waals surface area contributed by atoms with Crippen LogP contribution in [0.2, 0.25) is 10.3 Å². The van der Waals surface area contributed by atoms with Gasteiger partial charge in [0.05, 0.1) is 18.8 Å². The molecule has 17 heavy (non-hydrogen) atoms. The number of esters is 1. The van der Waals surface area contributed by atoms with Crippen molar-refractivity contribution in [3.8, 4) is 0 Å². The Balaban J connectivity index is 2.03. The number of ether oxygens (including phenoxy) is 3. The third-order valence-electron chi connectivity index (χ3n) is 2.05. The number of carbonyl (C=O) groups excluding carboxylic acids is 1. The molecule has 1 fully saturated rings. The molecule has 5 nitrogen and oxygen atoms in total. The van der Waals surface area contributed by atoms with Crippen LogP contribution in [0.1, 0.15) is 10.4 Å². The fraction of sp³-hybridized carbons (Fsp3) is 0.400. The van der Waals surface area contributed by atoms with Crippen molar-refractivity contribution in [3.05, 3.63) is 28.0 Å². The van der Waals surface area contributed by atoms with Crippen molar-refractivity contribution in [1.29, 1.82) is 0 Å². The van der Waals surface area contributed by atoms with Crippen molar-refractivity contribution in [2.24, 2.45) is 0 Å². The average Bonchev–Trinajstić information content (AvgIpc) is 2.29. The molecule has 0 amide bonds. The number of aromatic nitrogens is 1. The highest BCUT2D eigenvalue weighted by molar-refractivity contribution is 6.32. The number of rotatable bonds is 2. The van der Waals surface area contributed by atoms with E-state index >= 15 is 0 Å². The van der Waals surface area contributed by atoms with Crippen LogP contribution in [0.15, 0.2) is 12.1 Å². The Labute approximate surface area is 108 Å². The second-order valence-corrected chi connectivity index (χ2v) is 4.16. The molecule has 1 aromatic rings. The highest BCUT2D eigenvalue weighted by Crippen LogP contribution is 2.16. The Morgan fingerprint density at radius 2 is 1.88 bits per heavy atom. The summed E-state index contributed by atoms with van der Waals surface area (Å²) < 4.78 is 15.2. The quantitative estimate of drug-likeness (QED) is 0.611. The van der Waals surface area contributed by atoms with Crippen molar-refractivity contribution in [1.82, 2.24) is 4.98 Å². The lowest BCUT2D eigenvalue weighted by molar-refractivity contribution is -0.153. The highest BCUT2D eigenvalue weighted by Gasteiger charge is 2.20. The van der Waals surface area contributed by atoms with Gasteiger partial charge in [-0.2, -0.15) is 0 Å². The van der Waals surface area contributed by atoms with Crippen LogP contribution in [0, 0.1) is 0 Å². The lowest BCUT2D eigenvalue weighted by Crippen LogP contribution is -2.33. The van der Waals surface area contributed by atoms with E-state index in [1.54, 1.807) is 0 Å². The smallest absolute Gasteiger partial charge is 0.338 e. The van der Waals surface area contributed by atoms with Crippen LogP contribution in [-0.4, -0.2) is 37.1 Å². The molecule has 0 N–H and O–H groups in total. The SMILES string of the molecule is O=C(OC1COCOC1)c1cc(Cl)nc(Cl)c1. The summed E-state index contributed by atoms with van der Waals surface area (Å²) in [5.41, 5.74) is 0.251. The standard InChI is InChI=1S/C10H9Cl2NO4/c11-8-1-6(2-9(12)13-8)10(14)17-7-3-15-5-16-4-7/h1-2,7H,3-5H2. The summed E-state index contributed by atoms with van der Waals surface area (Å²) >= 11 is 11.4. The molecular weight excluding hydrogens is 269 g/mol. The lowest BCUT2D eigenvalue weighted by atomic mass is 10.3. The fourth-order valence-electron chi connectivity index (χ4n) is 1.34. The zero-order valence-electron chi connectivity index (χ0n) is 8.69. The van der Waals surface area contributed by atoms with Crippen molar-refractivity contribution in [3.63, 3.8) is 0 Å². The second-order valence-electron chi connectivity index (χ2n) is 3.39. The molecule has 0 spiro atoms. The zero-order chi connectivity index (χ0) is 12.3. The third kappa shape index (κ3) is 3.54. The largest absolute Gasteiger partial charge is 0.454 e. The summed E-state index contributed by atoms with van der Waals surface area (Å²) in [5.74, 6) is -0.532. The van der Waals surface area contributed by atoms with Gasteiger partial charge in [0.15, 0.2) is 0 Å². The van der Waals surface area contributed by atoms with E-state index < -0.39 is 12.1 Å². The monoisotopic (exact) mass is 277 g/mol. The first-order valence-corrected chi connectivity index (χ1v) is 5.60. The zero-order valence-corrected chi connectivity index (χ0v) is 10.2. The Morgan fingerprint density at radius 1 is 1.29 bits per heavy atom. The van der Waals surface area contributed by atoms with Gasteiger partial charge in [-0.25, -0.2) is 9.78 Å². The molecule has 7 heteroatoms. The van der Waals surface area contributed by atoms with Crippen LogP contribution in [0.25, 0.3) is 0 Å². The Hall–Kier alpha value is -0.880. The summed E-state index contributed by atoms with van der Waals surface area (Å²) in [4.78, 5) is 15.5. The Bertz CT molecular complexity index is 401. The van der Waals surface area contributed by atoms with Crippen LogP contribution in [0.4, 0.5) is 0 Å². The van der Waals surface area contributed by atoms with Gasteiger partial charge in [-0.05, 0) is 12.1 Å². The minimum atomic E-state index is -0.532. The molecule has 1 saturated heterocycles. The Morgan fingerprint density at radius 3 is 2.47 bits per heavy atom. The summed E-state index contributed by atoms with van der Waals surface area (Å²) in [6.45, 7) is 0.859. The summed E-state index contributed by atoms with van der Waals surface area (Å²) in [6, 6.07) is 2.78. The molecular formula is C10H9Cl2NO4. The van der Waals surface area contributed by atoms with Crippen LogP contribution >= 0.6 is 23.2 Å². The molecule has 0 aliphatic carbocycles. The van der Waals surface area contributed by atoms with Gasteiger partial charge >= 0.3 is 5.97 Å². The van der Waals surface area contributed by atoms with Crippen molar-refractivity contribution in [2.45, 2.75) is 6.10 Å². The van der Waals surface area contributed by atoms with Gasteiger partial charge in [-0.15, -0.1) is 0 Å². The maximum atomic E-state index is 11.7. The first-order valence-electron chi connectivity index (χ1n) is 4.85. The maximum Gasteiger partial charge on any atom is 0.338 e. The molecule has 0 atom stereocenters. The van der Waals surface area contributed by atoms with Gasteiger partial charge in [-0.3, -0.25) is 0 Å². The van der Waals surface area contributed by atoms with Gasteiger partial charge in [0.25, 0.3) is 0 Å². The minimum absolute atomic E-state index is 0.139. The Kier molecular flexibility index (Phi) is 4.17. The first kappa shape index (κ1) is 12.6. The van der Waals surface area contributed by atoms with Gasteiger partial charge in [0.1, 0.15) is 23.2 Å². The average molecular weight is 278 g/mol. The van der Waals surface area contributed by atoms with Crippen LogP contribution in [-0.2, 0) is 14.2 Å². The number of carbonyl (C=O) groups is 1. The molecule has 1 aliphatic heterocycles. The minimum Gasteiger partial charge on any atom is -0.454 e. The highest BCUT2D eigenvalue weighted by atomic mass is 35.5. The molecule has 1 aromatic heterocycles. The number of pyridine rings is 1. The summed E-state index contributed by atoms with van der Waals surface area (Å²) in [5, 5.41) is 0.279. The number of hydrogen-bond acceptors (Lipinski definition) is 5. The molecule has 0 saturated carbocycles. The van der Waals surface area contributed by atoms with E-state index in [0.29, 0.717) is 13.2 Å². The molecule has 0 unspecified atom stereocenters. The summed E-state index contributed by atoms with van der Waals surface area (Å²) in [6.07, 6.45) is -0.415. The van der Waals surface area contributed by atoms with Crippen LogP contribution in [0.5, 0.6) is 0 Å². The predicted molar refractivity (Wildman–Crippen MR) is 60.2 cm³/mol. The van der Waals surface area contributed by atoms with E-state index in [-0.39, 0.29) is 22.7 Å². The van der Waals surface area contributed by atoms with E-state index in [2.05, 4.69) is 4.98 Å². The van der Waals surface area contributed by atoms with E-state index in [4.69, 9.17) is 37.4 Å². The van der Waals surface area contributed by atoms with E-state index in [9.17, 15) is 4.79 Å². The van der Waals surface area contributed by atoms with E-state index in [0.717, 1.165) is 0 Å². The normalized spacial score (nSPS) is 16.8. The van der Waals surface area contributed by atoms with E-state index in [1.165, 1.54) is 12.1 Å². The van der Waals surface area contributed by atoms with Crippen molar-refractivity contribution < 1.29 is 19.0 Å². The third-order valence-corrected chi connectivity index (χ3v) is 2.43. The van der Waals surface area contributed by atoms with E-state index in [1.807, 2.05) is 0 Å². The van der Waals surface area contributed by atoms with Gasteiger partial charge in [-0.1, -0.05) is 23.2 Å². The number of halogens is 2. The maximum absolute atomic E-state index is 11.7. The number of nitrogens with zero attached hydrogens (tertiary/aromatic N) is 1. The molecule has 0 aromatic carbocycles. The van der Waals surface area contributed by atoms with Gasteiger partial charge < -0.3 is 14.2 Å². The molecule has 0 bridgehead atoms. The van der Waals surface area contributed by atoms with Crippen LogP contribution < -0.4 is 0 Å². The van der Waals surface area contributed by atoms with Crippen LogP contribution in [0.3, 0.4) is 0 Å². The second kappa shape index (κ2) is 5.64. The van der Waals surface area contributed by atoms with Gasteiger partial charge in [0.2, 0.25) is 0 Å². The van der Waals surface area contributed by atoms with Gasteiger partial charge in [0, 0.05) is 0 Å². The number of hydrogen-bond donors (Lipinski definition) is 0. The predicted octanol–water partition coefficient (Wildman–Crippen LogP) is 1.92. The van der Waals surface area contributed by atoms with Crippen molar-refractivity contribution in [2.75, 3.05) is 20.0 Å². The molecule has 1 aliphatic rings. The molecule has 2 heterocycles. The van der Waals surface area contributed by atoms with Crippen molar-refractivity contribution >= 4 is 29.2 Å². The fourth-order valence-corrected chi connectivity index (χ4v) is 1.80.